The molecule has 0 rings (SSSR count). The highest BCUT2D eigenvalue weighted by molar-refractivity contribution is 5.92. The Morgan fingerprint density at radius 3 is 1.47 bits per heavy atom. The van der Waals surface area contributed by atoms with E-state index in [2.05, 4.69) is 13.2 Å². The highest BCUT2D eigenvalue weighted by atomic mass is 16.5. The van der Waals surface area contributed by atoms with Gasteiger partial charge in [-0.15, -0.1) is 0 Å². The Morgan fingerprint density at radius 2 is 1.26 bits per heavy atom. The molecule has 7 nitrogen and oxygen atoms in total. The summed E-state index contributed by atoms with van der Waals surface area (Å²) in [4.78, 5) is 25.0. The predicted molar refractivity (Wildman–Crippen MR) is 68.3 cm³/mol. The van der Waals surface area contributed by atoms with E-state index in [1.807, 2.05) is 0 Å². The van der Waals surface area contributed by atoms with E-state index >= 15 is 0 Å². The van der Waals surface area contributed by atoms with E-state index < -0.39 is 25.3 Å². The van der Waals surface area contributed by atoms with Crippen LogP contribution in [0.25, 0.3) is 0 Å². The summed E-state index contributed by atoms with van der Waals surface area (Å²) in [5.41, 5.74) is 0.518. The summed E-state index contributed by atoms with van der Waals surface area (Å²) in [7, 11) is 0. The number of nitrogens with zero attached hydrogens (tertiary/aromatic N) is 2. The first kappa shape index (κ1) is 17.3. The maximum Gasteiger partial charge on any atom is 0.252 e. The molecule has 0 spiro atoms. The Labute approximate surface area is 112 Å². The molecule has 2 amide bonds. The van der Waals surface area contributed by atoms with Crippen molar-refractivity contribution >= 4 is 11.8 Å². The van der Waals surface area contributed by atoms with Crippen molar-refractivity contribution < 1.29 is 24.5 Å². The first-order chi connectivity index (χ1) is 8.84. The molecule has 0 aliphatic carbocycles. The van der Waals surface area contributed by atoms with Crippen molar-refractivity contribution in [2.75, 3.05) is 26.9 Å². The van der Waals surface area contributed by atoms with E-state index in [0.717, 1.165) is 9.80 Å². The summed E-state index contributed by atoms with van der Waals surface area (Å²) in [5.74, 6) is -0.909. The van der Waals surface area contributed by atoms with Crippen molar-refractivity contribution in [1.29, 1.82) is 0 Å². The van der Waals surface area contributed by atoms with Crippen LogP contribution in [0.4, 0.5) is 0 Å². The molecule has 0 aliphatic rings. The van der Waals surface area contributed by atoms with E-state index in [9.17, 15) is 9.59 Å². The number of rotatable bonds is 8. The molecule has 19 heavy (non-hydrogen) atoms. The number of ether oxygens (including phenoxy) is 1. The third-order valence-electron chi connectivity index (χ3n) is 2.14. The molecular formula is C12H20N2O5. The largest absolute Gasteiger partial charge is 0.376 e. The summed E-state index contributed by atoms with van der Waals surface area (Å²) in [6.07, 6.45) is 0. The predicted octanol–water partition coefficient (Wildman–Crippen LogP) is -0.373. The average molecular weight is 272 g/mol. The highest BCUT2D eigenvalue weighted by Gasteiger charge is 2.16. The van der Waals surface area contributed by atoms with Gasteiger partial charge in [-0.2, -0.15) is 0 Å². The topological polar surface area (TPSA) is 90.3 Å². The smallest absolute Gasteiger partial charge is 0.252 e. The van der Waals surface area contributed by atoms with Crippen molar-refractivity contribution in [3.8, 4) is 0 Å². The van der Waals surface area contributed by atoms with Crippen LogP contribution in [0.1, 0.15) is 13.8 Å². The van der Waals surface area contributed by atoms with Crippen LogP contribution >= 0.6 is 0 Å². The van der Waals surface area contributed by atoms with Crippen LogP contribution in [-0.4, -0.2) is 58.8 Å². The molecular weight excluding hydrogens is 252 g/mol. The SMILES string of the molecule is C=C(C)C(=O)N(CO)COCN(CO)C(=O)C(=C)C. The van der Waals surface area contributed by atoms with E-state index in [1.54, 1.807) is 0 Å². The van der Waals surface area contributed by atoms with Crippen molar-refractivity contribution in [2.45, 2.75) is 13.8 Å². The molecule has 0 saturated carbocycles. The van der Waals surface area contributed by atoms with Gasteiger partial charge in [-0.05, 0) is 13.8 Å². The van der Waals surface area contributed by atoms with Gasteiger partial charge in [0.1, 0.15) is 26.9 Å². The minimum atomic E-state index is -0.529. The summed E-state index contributed by atoms with van der Waals surface area (Å²) in [6.45, 7) is 8.44. The Bertz CT molecular complexity index is 333. The van der Waals surface area contributed by atoms with Gasteiger partial charge in [-0.25, -0.2) is 0 Å². The molecule has 2 N–H and O–H groups in total. The van der Waals surface area contributed by atoms with Crippen molar-refractivity contribution in [3.05, 3.63) is 24.3 Å². The molecule has 0 heterocycles. The van der Waals surface area contributed by atoms with Gasteiger partial charge in [0, 0.05) is 11.1 Å². The van der Waals surface area contributed by atoms with Gasteiger partial charge in [-0.1, -0.05) is 13.2 Å². The van der Waals surface area contributed by atoms with Crippen LogP contribution in [0, 0.1) is 0 Å². The standard InChI is InChI=1S/C12H20N2O5/c1-9(2)11(17)13(5-15)7-19-8-14(6-16)12(18)10(3)4/h15-16H,1,3,5-8H2,2,4H3. The molecule has 0 aliphatic heterocycles. The lowest BCUT2D eigenvalue weighted by atomic mass is 10.3. The molecule has 0 atom stereocenters. The van der Waals surface area contributed by atoms with E-state index in [-0.39, 0.29) is 24.6 Å². The number of aliphatic hydroxyl groups excluding tert-OH is 2. The van der Waals surface area contributed by atoms with Gasteiger partial charge in [0.25, 0.3) is 11.8 Å². The molecule has 0 aromatic heterocycles. The minimum absolute atomic E-state index is 0.220. The molecule has 0 unspecified atom stereocenters. The molecule has 0 radical (unpaired) electrons. The number of hydrogen-bond donors (Lipinski definition) is 2. The van der Waals surface area contributed by atoms with Gasteiger partial charge >= 0.3 is 0 Å². The normalized spacial score (nSPS) is 9.89. The van der Waals surface area contributed by atoms with Gasteiger partial charge in [-0.3, -0.25) is 19.4 Å². The Morgan fingerprint density at radius 1 is 0.947 bits per heavy atom. The van der Waals surface area contributed by atoms with Crippen LogP contribution in [0.2, 0.25) is 0 Å². The number of carbonyl (C=O) groups is 2. The van der Waals surface area contributed by atoms with Gasteiger partial charge < -0.3 is 14.9 Å². The summed E-state index contributed by atoms with van der Waals surface area (Å²) in [5, 5.41) is 18.0. The van der Waals surface area contributed by atoms with Gasteiger partial charge in [0.2, 0.25) is 0 Å². The zero-order valence-electron chi connectivity index (χ0n) is 11.3. The second-order valence-corrected chi connectivity index (χ2v) is 4.00. The fourth-order valence-corrected chi connectivity index (χ4v) is 1.13. The lowest BCUT2D eigenvalue weighted by molar-refractivity contribution is -0.147. The highest BCUT2D eigenvalue weighted by Crippen LogP contribution is 2.01. The maximum absolute atomic E-state index is 11.5. The molecule has 0 aromatic carbocycles. The lowest BCUT2D eigenvalue weighted by Gasteiger charge is -2.23. The molecule has 108 valence electrons. The van der Waals surface area contributed by atoms with Crippen LogP contribution in [0.15, 0.2) is 24.3 Å². The first-order valence-corrected chi connectivity index (χ1v) is 5.54. The first-order valence-electron chi connectivity index (χ1n) is 5.54. The van der Waals surface area contributed by atoms with E-state index in [4.69, 9.17) is 14.9 Å². The van der Waals surface area contributed by atoms with Gasteiger partial charge in [0.15, 0.2) is 0 Å². The number of amides is 2. The van der Waals surface area contributed by atoms with E-state index in [1.165, 1.54) is 13.8 Å². The Balaban J connectivity index is 4.32. The molecule has 0 aromatic rings. The van der Waals surface area contributed by atoms with Crippen molar-refractivity contribution in [3.63, 3.8) is 0 Å². The van der Waals surface area contributed by atoms with Gasteiger partial charge in [0.05, 0.1) is 0 Å². The third-order valence-corrected chi connectivity index (χ3v) is 2.14. The third kappa shape index (κ3) is 5.64. The summed E-state index contributed by atoms with van der Waals surface area (Å²) in [6, 6.07) is 0. The summed E-state index contributed by atoms with van der Waals surface area (Å²) >= 11 is 0. The second-order valence-electron chi connectivity index (χ2n) is 4.00. The van der Waals surface area contributed by atoms with Crippen molar-refractivity contribution in [2.24, 2.45) is 0 Å². The summed E-state index contributed by atoms with van der Waals surface area (Å²) < 4.78 is 5.09. The van der Waals surface area contributed by atoms with E-state index in [0.29, 0.717) is 0 Å². The molecule has 0 bridgehead atoms. The molecule has 7 heteroatoms. The molecule has 0 saturated heterocycles. The Kier molecular flexibility index (Phi) is 7.66. The molecule has 0 fully saturated rings. The zero-order chi connectivity index (χ0) is 15.0. The zero-order valence-corrected chi connectivity index (χ0v) is 11.3. The minimum Gasteiger partial charge on any atom is -0.376 e. The van der Waals surface area contributed by atoms with Crippen LogP contribution in [0.5, 0.6) is 0 Å². The van der Waals surface area contributed by atoms with Crippen molar-refractivity contribution in [1.82, 2.24) is 9.80 Å². The average Bonchev–Trinajstić information content (AvgIpc) is 2.37. The number of carbonyl (C=O) groups excluding carboxylic acids is 2. The van der Waals surface area contributed by atoms with Crippen LogP contribution < -0.4 is 0 Å². The monoisotopic (exact) mass is 272 g/mol. The number of aliphatic hydroxyl groups is 2. The fourth-order valence-electron chi connectivity index (χ4n) is 1.13. The van der Waals surface area contributed by atoms with Crippen LogP contribution in [0.3, 0.4) is 0 Å². The maximum atomic E-state index is 11.5. The fraction of sp³-hybridized carbons (Fsp3) is 0.500. The second kappa shape index (κ2) is 8.41. The quantitative estimate of drug-likeness (QED) is 0.464. The van der Waals surface area contributed by atoms with Crippen LogP contribution in [-0.2, 0) is 14.3 Å². The number of hydrogen-bond acceptors (Lipinski definition) is 5. The Hall–Kier alpha value is -1.70. The lowest BCUT2D eigenvalue weighted by Crippen LogP contribution is -2.39.